The molecule has 4 amide bonds. The third-order valence-electron chi connectivity index (χ3n) is 6.04. The predicted octanol–water partition coefficient (Wildman–Crippen LogP) is 4.01. The number of fused-ring (bicyclic) bond motifs is 2. The van der Waals surface area contributed by atoms with Gasteiger partial charge in [0.05, 0.1) is 64.0 Å². The van der Waals surface area contributed by atoms with Crippen LogP contribution >= 0.6 is 23.2 Å². The maximum Gasteiger partial charge on any atom is 0.323 e. The van der Waals surface area contributed by atoms with Crippen molar-refractivity contribution in [2.75, 3.05) is 10.6 Å². The lowest BCUT2D eigenvalue weighted by Gasteiger charge is -2.25. The number of imide groups is 1. The average Bonchev–Trinajstić information content (AvgIpc) is 3.62. The van der Waals surface area contributed by atoms with Crippen LogP contribution in [0.15, 0.2) is 61.2 Å². The largest absolute Gasteiger partial charge is 0.323 e. The van der Waals surface area contributed by atoms with E-state index in [1.54, 1.807) is 31.2 Å². The maximum atomic E-state index is 13.2. The molecule has 1 aliphatic rings. The molecule has 194 valence electrons. The van der Waals surface area contributed by atoms with Crippen molar-refractivity contribution < 1.29 is 14.4 Å². The molecule has 0 saturated carbocycles. The summed E-state index contributed by atoms with van der Waals surface area (Å²) in [7, 11) is 0. The fourth-order valence-electron chi connectivity index (χ4n) is 4.36. The van der Waals surface area contributed by atoms with E-state index < -0.39 is 23.9 Å². The highest BCUT2D eigenvalue weighted by atomic mass is 35.5. The van der Waals surface area contributed by atoms with Gasteiger partial charge in [0.15, 0.2) is 16.6 Å². The van der Waals surface area contributed by atoms with Crippen molar-refractivity contribution in [2.45, 2.75) is 13.0 Å². The third-order valence-corrected chi connectivity index (χ3v) is 6.50. The van der Waals surface area contributed by atoms with E-state index in [-0.39, 0.29) is 21.7 Å². The summed E-state index contributed by atoms with van der Waals surface area (Å²) in [6.45, 7) is 1.65. The summed E-state index contributed by atoms with van der Waals surface area (Å²) < 4.78 is 1.39. The molecule has 1 aromatic carbocycles. The Labute approximate surface area is 229 Å². The second kappa shape index (κ2) is 9.45. The van der Waals surface area contributed by atoms with Crippen LogP contribution in [0, 0.1) is 0 Å². The van der Waals surface area contributed by atoms with Crippen LogP contribution in [0.25, 0.3) is 11.5 Å². The van der Waals surface area contributed by atoms with E-state index in [0.29, 0.717) is 28.2 Å². The number of urea groups is 1. The summed E-state index contributed by atoms with van der Waals surface area (Å²) in [6, 6.07) is 8.05. The van der Waals surface area contributed by atoms with E-state index >= 15 is 0 Å². The molecule has 0 saturated heterocycles. The van der Waals surface area contributed by atoms with Crippen molar-refractivity contribution >= 4 is 58.1 Å². The molecule has 5 heterocycles. The Morgan fingerprint density at radius 1 is 0.949 bits per heavy atom. The number of nitrogens with one attached hydrogen (secondary N) is 2. The van der Waals surface area contributed by atoms with Crippen molar-refractivity contribution in [3.8, 4) is 5.82 Å². The molecule has 2 N–H and O–H groups in total. The third kappa shape index (κ3) is 4.23. The first kappa shape index (κ1) is 24.5. The van der Waals surface area contributed by atoms with E-state index in [1.165, 1.54) is 46.2 Å². The van der Waals surface area contributed by atoms with Gasteiger partial charge in [0, 0.05) is 6.07 Å². The first-order valence-corrected chi connectivity index (χ1v) is 12.2. The van der Waals surface area contributed by atoms with Gasteiger partial charge in [-0.1, -0.05) is 35.3 Å². The Kier molecular flexibility index (Phi) is 5.93. The molecule has 6 rings (SSSR count). The van der Waals surface area contributed by atoms with Crippen LogP contribution in [-0.4, -0.2) is 57.3 Å². The Balaban J connectivity index is 1.31. The fourth-order valence-corrected chi connectivity index (χ4v) is 4.77. The minimum Gasteiger partial charge on any atom is -0.306 e. The Morgan fingerprint density at radius 3 is 2.31 bits per heavy atom. The number of aromatic nitrogens is 7. The molecular formula is C24H16Cl2N10O3. The minimum absolute atomic E-state index is 0.146. The van der Waals surface area contributed by atoms with Crippen molar-refractivity contribution in [3.63, 3.8) is 0 Å². The zero-order valence-corrected chi connectivity index (χ0v) is 21.4. The molecule has 1 aliphatic heterocycles. The Morgan fingerprint density at radius 2 is 1.64 bits per heavy atom. The number of nitrogens with zero attached hydrogens (tertiary/aromatic N) is 8. The quantitative estimate of drug-likeness (QED) is 0.304. The van der Waals surface area contributed by atoms with Crippen LogP contribution in [0.5, 0.6) is 0 Å². The van der Waals surface area contributed by atoms with Crippen LogP contribution in [-0.2, 0) is 0 Å². The van der Waals surface area contributed by atoms with Gasteiger partial charge >= 0.3 is 6.03 Å². The summed E-state index contributed by atoms with van der Waals surface area (Å²) in [5.74, 6) is -0.640. The van der Waals surface area contributed by atoms with Gasteiger partial charge in [0.25, 0.3) is 11.8 Å². The predicted molar refractivity (Wildman–Crippen MR) is 140 cm³/mol. The first-order chi connectivity index (χ1) is 18.8. The van der Waals surface area contributed by atoms with Gasteiger partial charge in [-0.15, -0.1) is 4.80 Å². The highest BCUT2D eigenvalue weighted by molar-refractivity contribution is 6.32. The second-order valence-electron chi connectivity index (χ2n) is 8.42. The molecule has 0 unspecified atom stereocenters. The van der Waals surface area contributed by atoms with Crippen molar-refractivity contribution in [1.29, 1.82) is 0 Å². The number of pyridine rings is 1. The highest BCUT2D eigenvalue weighted by Gasteiger charge is 2.40. The van der Waals surface area contributed by atoms with Gasteiger partial charge in [-0.3, -0.25) is 14.5 Å². The molecule has 15 heteroatoms. The minimum atomic E-state index is -0.855. The molecule has 0 radical (unpaired) electrons. The number of rotatable bonds is 5. The molecule has 1 atom stereocenters. The first-order valence-electron chi connectivity index (χ1n) is 11.4. The summed E-state index contributed by atoms with van der Waals surface area (Å²) >= 11 is 12.4. The monoisotopic (exact) mass is 562 g/mol. The number of benzene rings is 1. The van der Waals surface area contributed by atoms with Gasteiger partial charge in [-0.05, 0) is 25.1 Å². The average molecular weight is 563 g/mol. The molecule has 0 fully saturated rings. The normalized spacial score (nSPS) is 13.6. The summed E-state index contributed by atoms with van der Waals surface area (Å²) in [6.07, 6.45) is 5.75. The molecular weight excluding hydrogens is 547 g/mol. The van der Waals surface area contributed by atoms with E-state index in [4.69, 9.17) is 23.2 Å². The zero-order valence-electron chi connectivity index (χ0n) is 19.9. The van der Waals surface area contributed by atoms with Gasteiger partial charge in [0.2, 0.25) is 0 Å². The lowest BCUT2D eigenvalue weighted by molar-refractivity contribution is 0.0591. The molecule has 0 spiro atoms. The van der Waals surface area contributed by atoms with Crippen LogP contribution in [0.4, 0.5) is 16.2 Å². The van der Waals surface area contributed by atoms with Crippen LogP contribution in [0.2, 0.25) is 10.2 Å². The van der Waals surface area contributed by atoms with E-state index in [1.807, 2.05) is 0 Å². The number of carbonyl (C=O) groups excluding carboxylic acids is 3. The molecule has 4 aromatic heterocycles. The van der Waals surface area contributed by atoms with Crippen molar-refractivity contribution in [2.24, 2.45) is 0 Å². The van der Waals surface area contributed by atoms with E-state index in [9.17, 15) is 14.4 Å². The Bertz CT molecular complexity index is 1750. The number of halogens is 2. The molecule has 5 aromatic rings. The summed E-state index contributed by atoms with van der Waals surface area (Å²) in [4.78, 5) is 50.2. The lowest BCUT2D eigenvalue weighted by Crippen LogP contribution is -2.34. The Hall–Kier alpha value is -4.88. The van der Waals surface area contributed by atoms with Crippen molar-refractivity contribution in [3.05, 3.63) is 88.2 Å². The van der Waals surface area contributed by atoms with Crippen LogP contribution in [0.3, 0.4) is 0 Å². The lowest BCUT2D eigenvalue weighted by atomic mass is 10.1. The zero-order chi connectivity index (χ0) is 27.3. The molecule has 0 aliphatic carbocycles. The van der Waals surface area contributed by atoms with Crippen LogP contribution < -0.4 is 10.6 Å². The van der Waals surface area contributed by atoms with E-state index in [2.05, 4.69) is 35.9 Å². The van der Waals surface area contributed by atoms with Gasteiger partial charge in [0.1, 0.15) is 0 Å². The standard InChI is InChI=1S/C24H16Cl2N10O3/c1-12(34-22(37)14-4-2-3-5-15(14)23(34)38)20-17(11-27-19-9-18(26)33-35(19)20)32-24(39)31-13-8-16(25)21(28-10-13)36-29-6-7-30-36/h2-12H,1H3,(H2,31,32,39)/t12-/m0/s1. The maximum absolute atomic E-state index is 13.2. The van der Waals surface area contributed by atoms with Crippen molar-refractivity contribution in [1.82, 2.24) is 39.5 Å². The number of hydrogen-bond acceptors (Lipinski definition) is 8. The summed E-state index contributed by atoms with van der Waals surface area (Å²) in [5, 5.41) is 17.9. The topological polar surface area (TPSA) is 152 Å². The highest BCUT2D eigenvalue weighted by Crippen LogP contribution is 2.34. The SMILES string of the molecule is C[C@@H](c1c(NC(=O)Nc2cnc(-n3nccn3)c(Cl)c2)cnc2cc(Cl)nn12)N1C(=O)c2ccccc2C1=O. The smallest absolute Gasteiger partial charge is 0.306 e. The number of anilines is 2. The number of carbonyl (C=O) groups is 3. The number of hydrogen-bond donors (Lipinski definition) is 2. The van der Waals surface area contributed by atoms with Crippen LogP contribution in [0.1, 0.15) is 39.4 Å². The number of amides is 4. The van der Waals surface area contributed by atoms with Gasteiger partial charge in [-0.2, -0.15) is 15.3 Å². The van der Waals surface area contributed by atoms with E-state index in [0.717, 1.165) is 4.90 Å². The molecule has 0 bridgehead atoms. The van der Waals surface area contributed by atoms with Gasteiger partial charge < -0.3 is 10.6 Å². The molecule has 13 nitrogen and oxygen atoms in total. The molecule has 39 heavy (non-hydrogen) atoms. The fraction of sp³-hybridized carbons (Fsp3) is 0.0833. The second-order valence-corrected chi connectivity index (χ2v) is 9.22. The summed E-state index contributed by atoms with van der Waals surface area (Å²) in [5.41, 5.74) is 1.75. The van der Waals surface area contributed by atoms with Gasteiger partial charge in [-0.25, -0.2) is 19.3 Å².